The van der Waals surface area contributed by atoms with E-state index in [9.17, 15) is 18.4 Å². The largest absolute Gasteiger partial charge is 0.349 e. The zero-order valence-corrected chi connectivity index (χ0v) is 16.1. The first kappa shape index (κ1) is 19.4. The van der Waals surface area contributed by atoms with Gasteiger partial charge in [0.2, 0.25) is 5.91 Å². The van der Waals surface area contributed by atoms with Crippen molar-refractivity contribution in [2.75, 3.05) is 11.4 Å². The van der Waals surface area contributed by atoms with E-state index >= 15 is 0 Å². The minimum Gasteiger partial charge on any atom is -0.349 e. The van der Waals surface area contributed by atoms with Crippen LogP contribution in [0.1, 0.15) is 48.3 Å². The van der Waals surface area contributed by atoms with Crippen LogP contribution in [-0.4, -0.2) is 34.4 Å². The van der Waals surface area contributed by atoms with Gasteiger partial charge in [-0.1, -0.05) is 6.42 Å². The lowest BCUT2D eigenvalue weighted by Gasteiger charge is -2.36. The summed E-state index contributed by atoms with van der Waals surface area (Å²) in [6.45, 7) is 2.36. The fourth-order valence-corrected chi connectivity index (χ4v) is 4.45. The topological polar surface area (TPSA) is 75.2 Å². The van der Waals surface area contributed by atoms with Gasteiger partial charge < -0.3 is 5.32 Å². The molecule has 0 unspecified atom stereocenters. The Kier molecular flexibility index (Phi) is 5.02. The lowest BCUT2D eigenvalue weighted by molar-refractivity contribution is -0.127. The number of rotatable bonds is 3. The highest BCUT2D eigenvalue weighted by molar-refractivity contribution is 5.99. The minimum absolute atomic E-state index is 0.0300. The van der Waals surface area contributed by atoms with E-state index in [4.69, 9.17) is 0 Å². The molecule has 2 aromatic rings. The van der Waals surface area contributed by atoms with Crippen LogP contribution < -0.4 is 10.2 Å². The molecule has 1 aliphatic heterocycles. The molecule has 2 amide bonds. The molecule has 1 saturated carbocycles. The summed E-state index contributed by atoms with van der Waals surface area (Å²) in [5.74, 6) is -1.26. The zero-order valence-electron chi connectivity index (χ0n) is 16.1. The third kappa shape index (κ3) is 3.71. The standard InChI is InChI=1S/C21H22F2N4O2/c1-13-24-9-6-18(25-13)27-10-8-21(20(27)29)7-2-3-15(12-21)26-19(28)14-4-5-16(22)17(23)11-14/h4-6,9,11,15H,2-3,7-8,10,12H2,1H3,(H,26,28)/t15-,21-/m0/s1. The fourth-order valence-electron chi connectivity index (χ4n) is 4.45. The number of hydrogen-bond donors (Lipinski definition) is 1. The normalized spacial score (nSPS) is 24.2. The Morgan fingerprint density at radius 1 is 1.24 bits per heavy atom. The van der Waals surface area contributed by atoms with Crippen LogP contribution >= 0.6 is 0 Å². The van der Waals surface area contributed by atoms with E-state index in [2.05, 4.69) is 15.3 Å². The zero-order chi connectivity index (χ0) is 20.6. The van der Waals surface area contributed by atoms with Crippen molar-refractivity contribution in [1.82, 2.24) is 15.3 Å². The van der Waals surface area contributed by atoms with E-state index < -0.39 is 23.0 Å². The molecule has 2 heterocycles. The van der Waals surface area contributed by atoms with Gasteiger partial charge in [-0.3, -0.25) is 14.5 Å². The molecule has 8 heteroatoms. The number of amides is 2. The smallest absolute Gasteiger partial charge is 0.251 e. The number of benzene rings is 1. The van der Waals surface area contributed by atoms with Crippen LogP contribution in [0.15, 0.2) is 30.5 Å². The molecule has 2 fully saturated rings. The molecule has 6 nitrogen and oxygen atoms in total. The minimum atomic E-state index is -1.06. The van der Waals surface area contributed by atoms with Crippen molar-refractivity contribution >= 4 is 17.6 Å². The average Bonchev–Trinajstić information content (AvgIpc) is 3.00. The summed E-state index contributed by atoms with van der Waals surface area (Å²) < 4.78 is 26.5. The molecule has 1 aromatic heterocycles. The molecule has 29 heavy (non-hydrogen) atoms. The highest BCUT2D eigenvalue weighted by Crippen LogP contribution is 2.45. The number of carbonyl (C=O) groups excluding carboxylic acids is 2. The predicted molar refractivity (Wildman–Crippen MR) is 102 cm³/mol. The SMILES string of the molecule is Cc1nccc(N2CC[C@]3(CCC[C@H](NC(=O)c4ccc(F)c(F)c4)C3)C2=O)n1. The molecular formula is C21H22F2N4O2. The Morgan fingerprint density at radius 2 is 2.07 bits per heavy atom. The van der Waals surface area contributed by atoms with Crippen LogP contribution in [0.5, 0.6) is 0 Å². The van der Waals surface area contributed by atoms with E-state index in [0.717, 1.165) is 31.4 Å². The lowest BCUT2D eigenvalue weighted by atomic mass is 9.71. The molecule has 1 spiro atoms. The Labute approximate surface area is 167 Å². The van der Waals surface area contributed by atoms with Crippen molar-refractivity contribution < 1.29 is 18.4 Å². The van der Waals surface area contributed by atoms with Gasteiger partial charge in [0.1, 0.15) is 11.6 Å². The van der Waals surface area contributed by atoms with Crippen LogP contribution in [0.25, 0.3) is 0 Å². The molecule has 0 radical (unpaired) electrons. The first-order valence-electron chi connectivity index (χ1n) is 9.75. The second-order valence-corrected chi connectivity index (χ2v) is 7.84. The van der Waals surface area contributed by atoms with E-state index in [1.54, 1.807) is 24.1 Å². The van der Waals surface area contributed by atoms with Crippen LogP contribution in [0.4, 0.5) is 14.6 Å². The Balaban J connectivity index is 1.47. The predicted octanol–water partition coefficient (Wildman–Crippen LogP) is 3.16. The third-order valence-electron chi connectivity index (χ3n) is 5.91. The van der Waals surface area contributed by atoms with Crippen molar-refractivity contribution in [1.29, 1.82) is 0 Å². The highest BCUT2D eigenvalue weighted by Gasteiger charge is 2.50. The van der Waals surface area contributed by atoms with Gasteiger partial charge >= 0.3 is 0 Å². The molecular weight excluding hydrogens is 378 g/mol. The Hall–Kier alpha value is -2.90. The summed E-state index contributed by atoms with van der Waals surface area (Å²) in [5.41, 5.74) is -0.456. The van der Waals surface area contributed by atoms with Crippen LogP contribution in [0, 0.1) is 24.0 Å². The van der Waals surface area contributed by atoms with E-state index in [-0.39, 0.29) is 17.5 Å². The maximum Gasteiger partial charge on any atom is 0.251 e. The summed E-state index contributed by atoms with van der Waals surface area (Å²) in [7, 11) is 0. The summed E-state index contributed by atoms with van der Waals surface area (Å²) in [4.78, 5) is 35.9. The second kappa shape index (κ2) is 7.50. The molecule has 1 saturated heterocycles. The number of anilines is 1. The number of aromatic nitrogens is 2. The Bertz CT molecular complexity index is 967. The van der Waals surface area contributed by atoms with Gasteiger partial charge in [0.15, 0.2) is 11.6 Å². The van der Waals surface area contributed by atoms with Crippen molar-refractivity contribution in [3.8, 4) is 0 Å². The van der Waals surface area contributed by atoms with Gasteiger partial charge in [-0.25, -0.2) is 18.7 Å². The summed E-state index contributed by atoms with van der Waals surface area (Å²) in [6, 6.07) is 4.62. The van der Waals surface area contributed by atoms with Crippen molar-refractivity contribution in [3.05, 3.63) is 53.5 Å². The first-order valence-corrected chi connectivity index (χ1v) is 9.75. The number of hydrogen-bond acceptors (Lipinski definition) is 4. The quantitative estimate of drug-likeness (QED) is 0.859. The van der Waals surface area contributed by atoms with E-state index in [1.165, 1.54) is 6.07 Å². The third-order valence-corrected chi connectivity index (χ3v) is 5.91. The van der Waals surface area contributed by atoms with Gasteiger partial charge in [-0.05, 0) is 56.9 Å². The molecule has 1 aliphatic carbocycles. The summed E-state index contributed by atoms with van der Waals surface area (Å²) >= 11 is 0. The molecule has 2 aliphatic rings. The van der Waals surface area contributed by atoms with E-state index in [0.29, 0.717) is 31.0 Å². The van der Waals surface area contributed by atoms with Gasteiger partial charge in [-0.15, -0.1) is 0 Å². The van der Waals surface area contributed by atoms with Gasteiger partial charge in [0, 0.05) is 24.3 Å². The van der Waals surface area contributed by atoms with Crippen LogP contribution in [-0.2, 0) is 4.79 Å². The molecule has 152 valence electrons. The van der Waals surface area contributed by atoms with E-state index in [1.807, 2.05) is 0 Å². The highest BCUT2D eigenvalue weighted by atomic mass is 19.2. The van der Waals surface area contributed by atoms with Gasteiger partial charge in [-0.2, -0.15) is 0 Å². The lowest BCUT2D eigenvalue weighted by Crippen LogP contribution is -2.46. The monoisotopic (exact) mass is 400 g/mol. The van der Waals surface area contributed by atoms with Crippen LogP contribution in [0.3, 0.4) is 0 Å². The number of nitrogens with zero attached hydrogens (tertiary/aromatic N) is 3. The average molecular weight is 400 g/mol. The maximum atomic E-state index is 13.4. The summed E-state index contributed by atoms with van der Waals surface area (Å²) in [6.07, 6.45) is 5.20. The number of aryl methyl sites for hydroxylation is 1. The van der Waals surface area contributed by atoms with Crippen LogP contribution in [0.2, 0.25) is 0 Å². The molecule has 1 aromatic carbocycles. The second-order valence-electron chi connectivity index (χ2n) is 7.84. The summed E-state index contributed by atoms with van der Waals surface area (Å²) in [5, 5.41) is 2.89. The molecule has 2 atom stereocenters. The molecule has 4 rings (SSSR count). The first-order chi connectivity index (χ1) is 13.9. The number of carbonyl (C=O) groups is 2. The van der Waals surface area contributed by atoms with Crippen molar-refractivity contribution in [2.24, 2.45) is 5.41 Å². The number of halogens is 2. The number of nitrogens with one attached hydrogen (secondary N) is 1. The molecule has 1 N–H and O–H groups in total. The Morgan fingerprint density at radius 3 is 2.83 bits per heavy atom. The maximum absolute atomic E-state index is 13.4. The van der Waals surface area contributed by atoms with Crippen molar-refractivity contribution in [3.63, 3.8) is 0 Å². The fraction of sp³-hybridized carbons (Fsp3) is 0.429. The molecule has 0 bridgehead atoms. The van der Waals surface area contributed by atoms with Gasteiger partial charge in [0.25, 0.3) is 5.91 Å². The van der Waals surface area contributed by atoms with Crippen molar-refractivity contribution in [2.45, 2.75) is 45.1 Å². The van der Waals surface area contributed by atoms with Gasteiger partial charge in [0.05, 0.1) is 5.41 Å².